The van der Waals surface area contributed by atoms with Gasteiger partial charge in [-0.1, -0.05) is 41.6 Å². The number of hydrogen-bond acceptors (Lipinski definition) is 4. The van der Waals surface area contributed by atoms with Crippen LogP contribution in [-0.2, 0) is 4.79 Å². The fourth-order valence-corrected chi connectivity index (χ4v) is 2.91. The highest BCUT2D eigenvalue weighted by atomic mass is 32.2. The van der Waals surface area contributed by atoms with Crippen molar-refractivity contribution in [2.75, 3.05) is 11.6 Å². The Kier molecular flexibility index (Phi) is 3.55. The third-order valence-electron chi connectivity index (χ3n) is 3.60. The van der Waals surface area contributed by atoms with Crippen molar-refractivity contribution < 1.29 is 4.79 Å². The molecule has 0 saturated heterocycles. The molecule has 1 aromatic heterocycles. The molecule has 1 amide bonds. The van der Waals surface area contributed by atoms with Gasteiger partial charge in [-0.3, -0.25) is 9.59 Å². The number of benzene rings is 1. The second-order valence-electron chi connectivity index (χ2n) is 5.05. The number of thioether (sulfide) groups is 1. The van der Waals surface area contributed by atoms with Crippen molar-refractivity contribution in [2.24, 2.45) is 0 Å². The summed E-state index contributed by atoms with van der Waals surface area (Å²) in [6, 6.07) is 7.90. The maximum absolute atomic E-state index is 12.3. The lowest BCUT2D eigenvalue weighted by Crippen LogP contribution is -2.31. The predicted molar refractivity (Wildman–Crippen MR) is 82.9 cm³/mol. The van der Waals surface area contributed by atoms with Gasteiger partial charge >= 0.3 is 0 Å². The Morgan fingerprint density at radius 1 is 1.24 bits per heavy atom. The minimum absolute atomic E-state index is 0.113. The highest BCUT2D eigenvalue weighted by Crippen LogP contribution is 2.34. The molecule has 5 nitrogen and oxygen atoms in total. The lowest BCUT2D eigenvalue weighted by Gasteiger charge is -2.24. The fraction of sp³-hybridized carbons (Fsp3) is 0.267. The van der Waals surface area contributed by atoms with E-state index in [1.807, 2.05) is 37.4 Å². The SMILES string of the molecule is CSc1nc2c(c(=O)[nH]1)[C@H](c1ccc(C)cc1)CC(=O)N2. The molecule has 3 rings (SSSR count). The first-order valence-corrected chi connectivity index (χ1v) is 7.85. The quantitative estimate of drug-likeness (QED) is 0.659. The van der Waals surface area contributed by atoms with Crippen molar-refractivity contribution in [1.29, 1.82) is 0 Å². The van der Waals surface area contributed by atoms with E-state index < -0.39 is 0 Å². The predicted octanol–water partition coefficient (Wildman–Crippen LogP) is 2.27. The molecule has 0 fully saturated rings. The summed E-state index contributed by atoms with van der Waals surface area (Å²) in [5.41, 5.74) is 2.45. The number of aromatic nitrogens is 2. The molecule has 2 N–H and O–H groups in total. The normalized spacial score (nSPS) is 17.2. The molecule has 0 unspecified atom stereocenters. The zero-order valence-electron chi connectivity index (χ0n) is 11.8. The van der Waals surface area contributed by atoms with Crippen LogP contribution in [0.15, 0.2) is 34.2 Å². The van der Waals surface area contributed by atoms with E-state index in [2.05, 4.69) is 15.3 Å². The standard InChI is InChI=1S/C15H15N3O2S/c1-8-3-5-9(6-4-8)10-7-11(19)16-13-12(10)14(20)18-15(17-13)21-2/h3-6,10H,7H2,1-2H3,(H2,16,17,18,19,20)/t10-/m0/s1. The maximum atomic E-state index is 12.3. The smallest absolute Gasteiger partial charge is 0.257 e. The summed E-state index contributed by atoms with van der Waals surface area (Å²) in [6.45, 7) is 2.00. The molecule has 6 heteroatoms. The van der Waals surface area contributed by atoms with E-state index in [1.165, 1.54) is 11.8 Å². The topological polar surface area (TPSA) is 74.8 Å². The van der Waals surface area contributed by atoms with Crippen LogP contribution in [-0.4, -0.2) is 22.1 Å². The number of nitrogens with zero attached hydrogens (tertiary/aromatic N) is 1. The van der Waals surface area contributed by atoms with Crippen molar-refractivity contribution in [3.05, 3.63) is 51.3 Å². The number of carbonyl (C=O) groups excluding carboxylic acids is 1. The average molecular weight is 301 g/mol. The van der Waals surface area contributed by atoms with Gasteiger partial charge in [-0.2, -0.15) is 0 Å². The lowest BCUT2D eigenvalue weighted by molar-refractivity contribution is -0.116. The number of fused-ring (bicyclic) bond motifs is 1. The van der Waals surface area contributed by atoms with Crippen LogP contribution in [0.4, 0.5) is 5.82 Å². The number of amides is 1. The van der Waals surface area contributed by atoms with E-state index in [-0.39, 0.29) is 23.8 Å². The van der Waals surface area contributed by atoms with E-state index >= 15 is 0 Å². The molecule has 1 aliphatic rings. The summed E-state index contributed by atoms with van der Waals surface area (Å²) in [6.07, 6.45) is 2.09. The third-order valence-corrected chi connectivity index (χ3v) is 4.18. The van der Waals surface area contributed by atoms with E-state index in [4.69, 9.17) is 0 Å². The largest absolute Gasteiger partial charge is 0.310 e. The number of aryl methyl sites for hydroxylation is 1. The molecule has 0 radical (unpaired) electrons. The second kappa shape index (κ2) is 5.37. The number of nitrogens with one attached hydrogen (secondary N) is 2. The number of H-pyrrole nitrogens is 1. The van der Waals surface area contributed by atoms with E-state index in [9.17, 15) is 9.59 Å². The number of rotatable bonds is 2. The van der Waals surface area contributed by atoms with Crippen molar-refractivity contribution >= 4 is 23.5 Å². The first kappa shape index (κ1) is 13.9. The monoisotopic (exact) mass is 301 g/mol. The van der Waals surface area contributed by atoms with Gasteiger partial charge < -0.3 is 10.3 Å². The van der Waals surface area contributed by atoms with Crippen molar-refractivity contribution in [3.63, 3.8) is 0 Å². The Hall–Kier alpha value is -2.08. The fourth-order valence-electron chi connectivity index (χ4n) is 2.53. The zero-order chi connectivity index (χ0) is 15.0. The Morgan fingerprint density at radius 3 is 2.62 bits per heavy atom. The minimum Gasteiger partial charge on any atom is -0.310 e. The molecular weight excluding hydrogens is 286 g/mol. The first-order valence-electron chi connectivity index (χ1n) is 6.63. The maximum Gasteiger partial charge on any atom is 0.257 e. The van der Waals surface area contributed by atoms with Crippen LogP contribution in [0.3, 0.4) is 0 Å². The van der Waals surface area contributed by atoms with Gasteiger partial charge in [-0.15, -0.1) is 0 Å². The molecule has 0 bridgehead atoms. The van der Waals surface area contributed by atoms with Gasteiger partial charge in [-0.05, 0) is 18.7 Å². The molecular formula is C15H15N3O2S. The lowest BCUT2D eigenvalue weighted by atomic mass is 9.86. The highest BCUT2D eigenvalue weighted by molar-refractivity contribution is 7.98. The Morgan fingerprint density at radius 2 is 1.95 bits per heavy atom. The third kappa shape index (κ3) is 2.58. The average Bonchev–Trinajstić information content (AvgIpc) is 2.46. The molecule has 108 valence electrons. The molecule has 1 atom stereocenters. The highest BCUT2D eigenvalue weighted by Gasteiger charge is 2.30. The Balaban J connectivity index is 2.15. The molecule has 21 heavy (non-hydrogen) atoms. The van der Waals surface area contributed by atoms with Gasteiger partial charge in [0.1, 0.15) is 5.82 Å². The molecule has 0 spiro atoms. The summed E-state index contributed by atoms with van der Waals surface area (Å²) < 4.78 is 0. The van der Waals surface area contributed by atoms with Gasteiger partial charge in [0.15, 0.2) is 5.16 Å². The van der Waals surface area contributed by atoms with Gasteiger partial charge in [0.25, 0.3) is 5.56 Å². The Bertz CT molecular complexity index is 753. The number of anilines is 1. The number of carbonyl (C=O) groups is 1. The molecule has 2 heterocycles. The van der Waals surface area contributed by atoms with E-state index in [1.54, 1.807) is 0 Å². The number of aromatic amines is 1. The molecule has 1 aliphatic heterocycles. The summed E-state index contributed by atoms with van der Waals surface area (Å²) in [5, 5.41) is 3.21. The van der Waals surface area contributed by atoms with Gasteiger partial charge in [0.2, 0.25) is 5.91 Å². The molecule has 1 aromatic carbocycles. The van der Waals surface area contributed by atoms with Crippen molar-refractivity contribution in [1.82, 2.24) is 9.97 Å². The van der Waals surface area contributed by atoms with Crippen molar-refractivity contribution in [2.45, 2.75) is 24.4 Å². The summed E-state index contributed by atoms with van der Waals surface area (Å²) in [7, 11) is 0. The van der Waals surface area contributed by atoms with Gasteiger partial charge in [0, 0.05) is 12.3 Å². The molecule has 2 aromatic rings. The van der Waals surface area contributed by atoms with Crippen LogP contribution in [0.2, 0.25) is 0 Å². The van der Waals surface area contributed by atoms with Crippen LogP contribution in [0.5, 0.6) is 0 Å². The molecule has 0 aliphatic carbocycles. The summed E-state index contributed by atoms with van der Waals surface area (Å²) >= 11 is 1.34. The summed E-state index contributed by atoms with van der Waals surface area (Å²) in [4.78, 5) is 31.3. The van der Waals surface area contributed by atoms with Gasteiger partial charge in [-0.25, -0.2) is 4.98 Å². The van der Waals surface area contributed by atoms with Gasteiger partial charge in [0.05, 0.1) is 5.56 Å². The zero-order valence-corrected chi connectivity index (χ0v) is 12.6. The minimum atomic E-state index is -0.249. The van der Waals surface area contributed by atoms with Crippen LogP contribution in [0, 0.1) is 6.92 Å². The van der Waals surface area contributed by atoms with Crippen LogP contribution >= 0.6 is 11.8 Å². The van der Waals surface area contributed by atoms with E-state index in [0.29, 0.717) is 16.5 Å². The van der Waals surface area contributed by atoms with Crippen LogP contribution in [0.1, 0.15) is 29.0 Å². The van der Waals surface area contributed by atoms with Crippen LogP contribution < -0.4 is 10.9 Å². The molecule has 0 saturated carbocycles. The van der Waals surface area contributed by atoms with Crippen LogP contribution in [0.25, 0.3) is 0 Å². The van der Waals surface area contributed by atoms with Crippen molar-refractivity contribution in [3.8, 4) is 0 Å². The second-order valence-corrected chi connectivity index (χ2v) is 5.85. The first-order chi connectivity index (χ1) is 10.1. The van der Waals surface area contributed by atoms with E-state index in [0.717, 1.165) is 11.1 Å². The number of hydrogen-bond donors (Lipinski definition) is 2. The Labute approximate surface area is 126 Å². The summed E-state index contributed by atoms with van der Waals surface area (Å²) in [5.74, 6) is 0.0182.